The number of aromatic hydroxyl groups is 1. The Kier molecular flexibility index (Phi) is 2.72. The predicted octanol–water partition coefficient (Wildman–Crippen LogP) is 2.09. The molecule has 0 atom stereocenters. The van der Waals surface area contributed by atoms with Crippen molar-refractivity contribution in [3.8, 4) is 17.0 Å². The van der Waals surface area contributed by atoms with Gasteiger partial charge in [0.15, 0.2) is 6.29 Å². The maximum absolute atomic E-state index is 10.9. The lowest BCUT2D eigenvalue weighted by Gasteiger charge is -2.06. The van der Waals surface area contributed by atoms with Gasteiger partial charge in [0, 0.05) is 12.1 Å². The van der Waals surface area contributed by atoms with Gasteiger partial charge in [-0.25, -0.2) is 0 Å². The van der Waals surface area contributed by atoms with Crippen molar-refractivity contribution in [3.05, 3.63) is 36.0 Å². The molecule has 0 aliphatic carbocycles. The minimum absolute atomic E-state index is 0.179. The average Bonchev–Trinajstić information content (AvgIpc) is 2.71. The second-order valence-corrected chi connectivity index (χ2v) is 3.43. The van der Waals surface area contributed by atoms with Crippen molar-refractivity contribution < 1.29 is 9.90 Å². The molecule has 0 unspecified atom stereocenters. The van der Waals surface area contributed by atoms with Gasteiger partial charge in [0.1, 0.15) is 5.75 Å². The zero-order valence-corrected chi connectivity index (χ0v) is 8.92. The van der Waals surface area contributed by atoms with Gasteiger partial charge in [-0.1, -0.05) is 12.1 Å². The van der Waals surface area contributed by atoms with Crippen molar-refractivity contribution in [2.75, 3.05) is 0 Å². The normalized spacial score (nSPS) is 10.3. The van der Waals surface area contributed by atoms with E-state index in [2.05, 4.69) is 5.10 Å². The molecule has 1 N–H and O–H groups in total. The topological polar surface area (TPSA) is 55.1 Å². The Morgan fingerprint density at radius 2 is 2.31 bits per heavy atom. The molecular formula is C12H12N2O2. The van der Waals surface area contributed by atoms with Crippen LogP contribution in [0.4, 0.5) is 0 Å². The van der Waals surface area contributed by atoms with E-state index in [4.69, 9.17) is 0 Å². The quantitative estimate of drug-likeness (QED) is 0.799. The van der Waals surface area contributed by atoms with E-state index in [0.29, 0.717) is 12.1 Å². The summed E-state index contributed by atoms with van der Waals surface area (Å²) in [5.74, 6) is 0.179. The van der Waals surface area contributed by atoms with E-state index in [1.807, 2.05) is 13.0 Å². The minimum Gasteiger partial charge on any atom is -0.508 e. The second-order valence-electron chi connectivity index (χ2n) is 3.43. The SMILES string of the molecule is CCn1ncc(C=O)c1-c1cccc(O)c1. The molecule has 0 amide bonds. The fourth-order valence-corrected chi connectivity index (χ4v) is 1.69. The first-order valence-electron chi connectivity index (χ1n) is 5.06. The van der Waals surface area contributed by atoms with E-state index < -0.39 is 0 Å². The molecule has 4 nitrogen and oxygen atoms in total. The number of carbonyl (C=O) groups excluding carboxylic acids is 1. The van der Waals surface area contributed by atoms with E-state index in [1.54, 1.807) is 22.9 Å². The Morgan fingerprint density at radius 1 is 1.50 bits per heavy atom. The zero-order chi connectivity index (χ0) is 11.5. The number of rotatable bonds is 3. The molecule has 0 bridgehead atoms. The highest BCUT2D eigenvalue weighted by Gasteiger charge is 2.11. The van der Waals surface area contributed by atoms with Gasteiger partial charge in [0.2, 0.25) is 0 Å². The van der Waals surface area contributed by atoms with Crippen molar-refractivity contribution in [3.63, 3.8) is 0 Å². The molecule has 0 radical (unpaired) electrons. The number of nitrogens with zero attached hydrogens (tertiary/aromatic N) is 2. The molecular weight excluding hydrogens is 204 g/mol. The summed E-state index contributed by atoms with van der Waals surface area (Å²) < 4.78 is 1.73. The monoisotopic (exact) mass is 216 g/mol. The largest absolute Gasteiger partial charge is 0.508 e. The highest BCUT2D eigenvalue weighted by molar-refractivity contribution is 5.85. The van der Waals surface area contributed by atoms with E-state index in [0.717, 1.165) is 17.5 Å². The molecule has 0 saturated carbocycles. The Morgan fingerprint density at radius 3 is 2.94 bits per heavy atom. The summed E-state index contributed by atoms with van der Waals surface area (Å²) in [5, 5.41) is 13.5. The molecule has 1 aromatic heterocycles. The molecule has 0 spiro atoms. The van der Waals surface area contributed by atoms with E-state index in [1.165, 1.54) is 6.20 Å². The lowest BCUT2D eigenvalue weighted by molar-refractivity contribution is 0.112. The van der Waals surface area contributed by atoms with Crippen molar-refractivity contribution in [2.24, 2.45) is 0 Å². The predicted molar refractivity (Wildman–Crippen MR) is 60.4 cm³/mol. The summed E-state index contributed by atoms with van der Waals surface area (Å²) in [6.45, 7) is 2.63. The van der Waals surface area contributed by atoms with Gasteiger partial charge in [-0.05, 0) is 19.1 Å². The van der Waals surface area contributed by atoms with Gasteiger partial charge in [-0.15, -0.1) is 0 Å². The lowest BCUT2D eigenvalue weighted by atomic mass is 10.1. The number of carbonyl (C=O) groups is 1. The van der Waals surface area contributed by atoms with Crippen molar-refractivity contribution >= 4 is 6.29 Å². The van der Waals surface area contributed by atoms with Gasteiger partial charge in [-0.2, -0.15) is 5.10 Å². The number of phenolic OH excluding ortho intramolecular Hbond substituents is 1. The molecule has 0 fully saturated rings. The van der Waals surface area contributed by atoms with Gasteiger partial charge >= 0.3 is 0 Å². The third-order valence-corrected chi connectivity index (χ3v) is 2.41. The lowest BCUT2D eigenvalue weighted by Crippen LogP contribution is -1.99. The van der Waals surface area contributed by atoms with Crippen LogP contribution in [0.25, 0.3) is 11.3 Å². The molecule has 4 heteroatoms. The van der Waals surface area contributed by atoms with Crippen LogP contribution >= 0.6 is 0 Å². The van der Waals surface area contributed by atoms with E-state index in [-0.39, 0.29) is 5.75 Å². The standard InChI is InChI=1S/C12H12N2O2/c1-2-14-12(10(8-15)7-13-14)9-4-3-5-11(16)6-9/h3-8,16H,2H2,1H3. The molecule has 2 aromatic rings. The van der Waals surface area contributed by atoms with Crippen LogP contribution in [0.15, 0.2) is 30.5 Å². The number of hydrogen-bond acceptors (Lipinski definition) is 3. The first-order chi connectivity index (χ1) is 7.76. The molecule has 1 heterocycles. The average molecular weight is 216 g/mol. The fourth-order valence-electron chi connectivity index (χ4n) is 1.69. The summed E-state index contributed by atoms with van der Waals surface area (Å²) in [5.41, 5.74) is 2.07. The second kappa shape index (κ2) is 4.18. The van der Waals surface area contributed by atoms with Crippen LogP contribution in [-0.4, -0.2) is 21.2 Å². The Bertz CT molecular complexity index is 517. The first kappa shape index (κ1) is 10.4. The molecule has 1 aromatic carbocycles. The molecule has 0 saturated heterocycles. The van der Waals surface area contributed by atoms with Crippen molar-refractivity contribution in [1.82, 2.24) is 9.78 Å². The summed E-state index contributed by atoms with van der Waals surface area (Å²) in [4.78, 5) is 10.9. The minimum atomic E-state index is 0.179. The van der Waals surface area contributed by atoms with Crippen LogP contribution < -0.4 is 0 Å². The van der Waals surface area contributed by atoms with Crippen molar-refractivity contribution in [1.29, 1.82) is 0 Å². The maximum atomic E-state index is 10.9. The van der Waals surface area contributed by atoms with Crippen LogP contribution in [0, 0.1) is 0 Å². The molecule has 0 aliphatic rings. The van der Waals surface area contributed by atoms with Gasteiger partial charge < -0.3 is 5.11 Å². The number of aromatic nitrogens is 2. The van der Waals surface area contributed by atoms with E-state index in [9.17, 15) is 9.90 Å². The number of phenols is 1. The molecule has 2 rings (SSSR count). The highest BCUT2D eigenvalue weighted by Crippen LogP contribution is 2.25. The Balaban J connectivity index is 2.61. The Labute approximate surface area is 93.1 Å². The fraction of sp³-hybridized carbons (Fsp3) is 0.167. The molecule has 82 valence electrons. The third kappa shape index (κ3) is 1.69. The van der Waals surface area contributed by atoms with E-state index >= 15 is 0 Å². The first-order valence-corrected chi connectivity index (χ1v) is 5.06. The number of aldehydes is 1. The number of benzene rings is 1. The smallest absolute Gasteiger partial charge is 0.153 e. The number of aryl methyl sites for hydroxylation is 1. The van der Waals surface area contributed by atoms with Crippen LogP contribution in [0.1, 0.15) is 17.3 Å². The third-order valence-electron chi connectivity index (χ3n) is 2.41. The summed E-state index contributed by atoms with van der Waals surface area (Å²) in [6.07, 6.45) is 2.31. The van der Waals surface area contributed by atoms with Crippen molar-refractivity contribution in [2.45, 2.75) is 13.5 Å². The molecule has 0 aliphatic heterocycles. The van der Waals surface area contributed by atoms with Gasteiger partial charge in [0.05, 0.1) is 17.5 Å². The maximum Gasteiger partial charge on any atom is 0.153 e. The summed E-state index contributed by atoms with van der Waals surface area (Å²) >= 11 is 0. The molecule has 16 heavy (non-hydrogen) atoms. The summed E-state index contributed by atoms with van der Waals surface area (Å²) in [7, 11) is 0. The van der Waals surface area contributed by atoms with Crippen LogP contribution in [0.3, 0.4) is 0 Å². The van der Waals surface area contributed by atoms with Crippen LogP contribution in [0.2, 0.25) is 0 Å². The highest BCUT2D eigenvalue weighted by atomic mass is 16.3. The van der Waals surface area contributed by atoms with Crippen LogP contribution in [0.5, 0.6) is 5.75 Å². The summed E-state index contributed by atoms with van der Waals surface area (Å²) in [6, 6.07) is 6.80. The Hall–Kier alpha value is -2.10. The van der Waals surface area contributed by atoms with Gasteiger partial charge in [-0.3, -0.25) is 9.48 Å². The zero-order valence-electron chi connectivity index (χ0n) is 8.92. The van der Waals surface area contributed by atoms with Crippen LogP contribution in [-0.2, 0) is 6.54 Å². The van der Waals surface area contributed by atoms with Gasteiger partial charge in [0.25, 0.3) is 0 Å². The number of hydrogen-bond donors (Lipinski definition) is 1.